The van der Waals surface area contributed by atoms with Crippen LogP contribution < -0.4 is 4.74 Å². The minimum Gasteiger partial charge on any atom is -0.435 e. The highest BCUT2D eigenvalue weighted by Crippen LogP contribution is 2.29. The summed E-state index contributed by atoms with van der Waals surface area (Å²) in [7, 11) is 1.70. The predicted octanol–water partition coefficient (Wildman–Crippen LogP) is 5.05. The smallest absolute Gasteiger partial charge is 0.387 e. The van der Waals surface area contributed by atoms with Crippen molar-refractivity contribution >= 4 is 28.3 Å². The molecule has 3 aromatic heterocycles. The standard InChI is InChI=1S/C22H20F2N4O2S/c1-3-28-20-17(12-25-28)16(11-18(26-20)19-5-4-10-31-19)21(29)27(2)13-14-6-8-15(9-7-14)30-22(23)24/h4-12,22H,3,13H2,1-2H3. The van der Waals surface area contributed by atoms with Gasteiger partial charge in [-0.3, -0.25) is 4.79 Å². The first kappa shape index (κ1) is 20.9. The molecule has 0 radical (unpaired) electrons. The number of rotatable bonds is 7. The zero-order chi connectivity index (χ0) is 22.0. The molecule has 0 atom stereocenters. The number of thiophene rings is 1. The number of aromatic nitrogens is 3. The van der Waals surface area contributed by atoms with Crippen LogP contribution in [0.25, 0.3) is 21.6 Å². The summed E-state index contributed by atoms with van der Waals surface area (Å²) in [6.45, 7) is 0.0567. The Kier molecular flexibility index (Phi) is 5.94. The van der Waals surface area contributed by atoms with Crippen LogP contribution in [0, 0.1) is 0 Å². The second-order valence-corrected chi connectivity index (χ2v) is 7.86. The van der Waals surface area contributed by atoms with Crippen LogP contribution in [-0.4, -0.2) is 39.2 Å². The Morgan fingerprint density at radius 1 is 1.26 bits per heavy atom. The topological polar surface area (TPSA) is 60.2 Å². The van der Waals surface area contributed by atoms with Gasteiger partial charge >= 0.3 is 6.61 Å². The molecule has 0 saturated heterocycles. The summed E-state index contributed by atoms with van der Waals surface area (Å²) in [5.41, 5.74) is 2.71. The largest absolute Gasteiger partial charge is 0.435 e. The zero-order valence-electron chi connectivity index (χ0n) is 17.0. The van der Waals surface area contributed by atoms with E-state index in [0.717, 1.165) is 16.1 Å². The first-order chi connectivity index (χ1) is 15.0. The SMILES string of the molecule is CCn1ncc2c(C(=O)N(C)Cc3ccc(OC(F)F)cc3)cc(-c3cccs3)nc21. The van der Waals surface area contributed by atoms with Gasteiger partial charge in [-0.15, -0.1) is 11.3 Å². The number of aryl methyl sites for hydroxylation is 1. The summed E-state index contributed by atoms with van der Waals surface area (Å²) in [6.07, 6.45) is 1.67. The van der Waals surface area contributed by atoms with Gasteiger partial charge in [0.25, 0.3) is 5.91 Å². The zero-order valence-corrected chi connectivity index (χ0v) is 17.8. The molecule has 0 bridgehead atoms. The van der Waals surface area contributed by atoms with Gasteiger partial charge in [-0.2, -0.15) is 13.9 Å². The molecule has 0 saturated carbocycles. The van der Waals surface area contributed by atoms with E-state index >= 15 is 0 Å². The highest BCUT2D eigenvalue weighted by atomic mass is 32.1. The van der Waals surface area contributed by atoms with Crippen molar-refractivity contribution in [1.29, 1.82) is 0 Å². The number of amides is 1. The number of alkyl halides is 2. The van der Waals surface area contributed by atoms with Crippen molar-refractivity contribution in [3.63, 3.8) is 0 Å². The van der Waals surface area contributed by atoms with Crippen LogP contribution in [0.5, 0.6) is 5.75 Å². The lowest BCUT2D eigenvalue weighted by atomic mass is 10.1. The molecule has 0 N–H and O–H groups in total. The fraction of sp³-hybridized carbons (Fsp3) is 0.227. The number of carbonyl (C=O) groups excluding carboxylic acids is 1. The third-order valence-electron chi connectivity index (χ3n) is 4.83. The van der Waals surface area contributed by atoms with Gasteiger partial charge in [0.15, 0.2) is 5.65 Å². The highest BCUT2D eigenvalue weighted by molar-refractivity contribution is 7.13. The molecular weight excluding hydrogens is 422 g/mol. The number of pyridine rings is 1. The Balaban J connectivity index is 1.64. The van der Waals surface area contributed by atoms with Gasteiger partial charge in [0, 0.05) is 20.1 Å². The van der Waals surface area contributed by atoms with E-state index in [4.69, 9.17) is 4.98 Å². The Bertz CT molecular complexity index is 1190. The van der Waals surface area contributed by atoms with E-state index in [-0.39, 0.29) is 11.7 Å². The molecule has 0 aliphatic heterocycles. The maximum atomic E-state index is 13.3. The summed E-state index contributed by atoms with van der Waals surface area (Å²) in [5.74, 6) is -0.0927. The van der Waals surface area contributed by atoms with Crippen molar-refractivity contribution in [2.45, 2.75) is 26.6 Å². The van der Waals surface area contributed by atoms with Crippen molar-refractivity contribution in [3.05, 3.63) is 65.2 Å². The minimum absolute atomic E-state index is 0.0798. The summed E-state index contributed by atoms with van der Waals surface area (Å²) in [4.78, 5) is 20.6. The van der Waals surface area contributed by atoms with Crippen LogP contribution >= 0.6 is 11.3 Å². The second-order valence-electron chi connectivity index (χ2n) is 6.91. The number of hydrogen-bond donors (Lipinski definition) is 0. The molecule has 0 spiro atoms. The van der Waals surface area contributed by atoms with Crippen molar-refractivity contribution in [2.24, 2.45) is 0 Å². The van der Waals surface area contributed by atoms with Gasteiger partial charge in [0.05, 0.1) is 27.7 Å². The van der Waals surface area contributed by atoms with Gasteiger partial charge in [0.1, 0.15) is 5.75 Å². The molecule has 1 amide bonds. The quantitative estimate of drug-likeness (QED) is 0.402. The molecule has 9 heteroatoms. The lowest BCUT2D eigenvalue weighted by Crippen LogP contribution is -2.26. The lowest BCUT2D eigenvalue weighted by molar-refractivity contribution is -0.0498. The van der Waals surface area contributed by atoms with Crippen LogP contribution in [0.4, 0.5) is 8.78 Å². The number of carbonyl (C=O) groups is 1. The van der Waals surface area contributed by atoms with E-state index in [9.17, 15) is 13.6 Å². The number of ether oxygens (including phenoxy) is 1. The number of nitrogens with zero attached hydrogens (tertiary/aromatic N) is 4. The summed E-state index contributed by atoms with van der Waals surface area (Å²) in [5, 5.41) is 7.03. The van der Waals surface area contributed by atoms with Crippen molar-refractivity contribution < 1.29 is 18.3 Å². The Morgan fingerprint density at radius 2 is 2.03 bits per heavy atom. The minimum atomic E-state index is -2.87. The molecule has 31 heavy (non-hydrogen) atoms. The van der Waals surface area contributed by atoms with E-state index in [2.05, 4.69) is 9.84 Å². The van der Waals surface area contributed by atoms with E-state index in [1.807, 2.05) is 24.4 Å². The normalized spacial score (nSPS) is 11.3. The van der Waals surface area contributed by atoms with Gasteiger partial charge < -0.3 is 9.64 Å². The maximum absolute atomic E-state index is 13.3. The summed E-state index contributed by atoms with van der Waals surface area (Å²) < 4.78 is 30.8. The molecule has 0 unspecified atom stereocenters. The summed E-state index contributed by atoms with van der Waals surface area (Å²) >= 11 is 1.56. The fourth-order valence-corrected chi connectivity index (χ4v) is 4.02. The molecule has 6 nitrogen and oxygen atoms in total. The monoisotopic (exact) mass is 442 g/mol. The highest BCUT2D eigenvalue weighted by Gasteiger charge is 2.20. The van der Waals surface area contributed by atoms with E-state index in [0.29, 0.717) is 29.7 Å². The number of halogens is 2. The third kappa shape index (κ3) is 4.41. The van der Waals surface area contributed by atoms with Crippen LogP contribution in [-0.2, 0) is 13.1 Å². The number of benzene rings is 1. The van der Waals surface area contributed by atoms with E-state index in [1.54, 1.807) is 52.4 Å². The second kappa shape index (κ2) is 8.81. The van der Waals surface area contributed by atoms with Crippen LogP contribution in [0.3, 0.4) is 0 Å². The molecule has 160 valence electrons. The van der Waals surface area contributed by atoms with E-state index in [1.165, 1.54) is 12.1 Å². The molecule has 1 aromatic carbocycles. The molecule has 3 heterocycles. The third-order valence-corrected chi connectivity index (χ3v) is 5.72. The van der Waals surface area contributed by atoms with Crippen LogP contribution in [0.2, 0.25) is 0 Å². The number of fused-ring (bicyclic) bond motifs is 1. The Hall–Kier alpha value is -3.33. The average molecular weight is 442 g/mol. The first-order valence-corrected chi connectivity index (χ1v) is 10.5. The molecular formula is C22H20F2N4O2S. The summed E-state index contributed by atoms with van der Waals surface area (Å²) in [6, 6.07) is 12.0. The van der Waals surface area contributed by atoms with Crippen LogP contribution in [0.15, 0.2) is 54.0 Å². The maximum Gasteiger partial charge on any atom is 0.387 e. The Morgan fingerprint density at radius 3 is 2.68 bits per heavy atom. The fourth-order valence-electron chi connectivity index (χ4n) is 3.33. The van der Waals surface area contributed by atoms with Crippen molar-refractivity contribution in [3.8, 4) is 16.3 Å². The van der Waals surface area contributed by atoms with Crippen molar-refractivity contribution in [2.75, 3.05) is 7.05 Å². The number of hydrogen-bond acceptors (Lipinski definition) is 5. The molecule has 4 rings (SSSR count). The van der Waals surface area contributed by atoms with Gasteiger partial charge in [-0.1, -0.05) is 18.2 Å². The first-order valence-electron chi connectivity index (χ1n) is 9.66. The van der Waals surface area contributed by atoms with Gasteiger partial charge in [-0.05, 0) is 42.1 Å². The molecule has 4 aromatic rings. The molecule has 0 fully saturated rings. The molecule has 0 aliphatic carbocycles. The average Bonchev–Trinajstić information content (AvgIpc) is 3.43. The molecule has 0 aliphatic rings. The van der Waals surface area contributed by atoms with E-state index < -0.39 is 6.61 Å². The lowest BCUT2D eigenvalue weighted by Gasteiger charge is -2.18. The van der Waals surface area contributed by atoms with Gasteiger partial charge in [-0.25, -0.2) is 9.67 Å². The predicted molar refractivity (Wildman–Crippen MR) is 115 cm³/mol. The Labute approximate surface area is 181 Å². The van der Waals surface area contributed by atoms with Crippen molar-refractivity contribution in [1.82, 2.24) is 19.7 Å². The van der Waals surface area contributed by atoms with Crippen LogP contribution in [0.1, 0.15) is 22.8 Å². The van der Waals surface area contributed by atoms with Gasteiger partial charge in [0.2, 0.25) is 0 Å².